The van der Waals surface area contributed by atoms with Gasteiger partial charge in [-0.05, 0) is 111 Å². The lowest BCUT2D eigenvalue weighted by molar-refractivity contribution is -0.254. The Labute approximate surface area is 274 Å². The van der Waals surface area contributed by atoms with Gasteiger partial charge in [0.15, 0.2) is 6.29 Å². The lowest BCUT2D eigenvalue weighted by Gasteiger charge is -2.63. The Morgan fingerprint density at radius 2 is 1.74 bits per heavy atom. The van der Waals surface area contributed by atoms with Crippen molar-refractivity contribution in [2.24, 2.45) is 45.1 Å². The van der Waals surface area contributed by atoms with Crippen LogP contribution in [0.1, 0.15) is 92.4 Å². The van der Waals surface area contributed by atoms with Crippen molar-refractivity contribution in [3.8, 4) is 0 Å². The van der Waals surface area contributed by atoms with E-state index in [0.29, 0.717) is 12.0 Å². The largest absolute Gasteiger partial charge is 0.441 e. The number of nitrogens with one attached hydrogen (secondary N) is 1. The van der Waals surface area contributed by atoms with Crippen LogP contribution in [0, 0.1) is 39.4 Å². The number of morpholine rings is 1. The number of nitrogens with zero attached hydrogens (tertiary/aromatic N) is 1. The number of cyclic esters (lactones) is 1. The van der Waals surface area contributed by atoms with Crippen molar-refractivity contribution in [2.45, 2.75) is 146 Å². The third kappa shape index (κ3) is 3.81. The zero-order valence-electron chi connectivity index (χ0n) is 28.6. The molecule has 13 unspecified atom stereocenters. The van der Waals surface area contributed by atoms with Crippen molar-refractivity contribution in [1.82, 2.24) is 10.2 Å². The number of carbonyl (C=O) groups excluding carboxylic acids is 1. The number of rotatable bonds is 4. The molecule has 2 spiro atoms. The number of amides is 1. The van der Waals surface area contributed by atoms with E-state index in [1.54, 1.807) is 0 Å². The molecule has 1 amide bonds. The van der Waals surface area contributed by atoms with Crippen LogP contribution in [-0.4, -0.2) is 103 Å². The van der Waals surface area contributed by atoms with Crippen LogP contribution in [0.4, 0.5) is 4.79 Å². The molecule has 5 saturated carbocycles. The predicted octanol–water partition coefficient (Wildman–Crippen LogP) is 3.57. The van der Waals surface area contributed by atoms with Gasteiger partial charge in [-0.2, -0.15) is 0 Å². The van der Waals surface area contributed by atoms with Gasteiger partial charge in [-0.25, -0.2) is 4.79 Å². The maximum Gasteiger partial charge on any atom is 0.408 e. The molecule has 9 rings (SSSR count). The van der Waals surface area contributed by atoms with Crippen molar-refractivity contribution in [2.75, 3.05) is 32.9 Å². The van der Waals surface area contributed by atoms with E-state index in [2.05, 4.69) is 31.0 Å². The summed E-state index contributed by atoms with van der Waals surface area (Å²) in [6.45, 7) is 15.3. The second kappa shape index (κ2) is 9.82. The molecule has 10 nitrogen and oxygen atoms in total. The van der Waals surface area contributed by atoms with Gasteiger partial charge in [0, 0.05) is 6.54 Å². The molecule has 0 bridgehead atoms. The first-order valence-electron chi connectivity index (χ1n) is 18.5. The van der Waals surface area contributed by atoms with E-state index in [1.807, 2.05) is 13.8 Å². The second-order valence-electron chi connectivity index (χ2n) is 18.4. The fraction of sp³-hybridized carbons (Fsp3) is 0.972. The molecule has 4 heterocycles. The Balaban J connectivity index is 0.942. The highest BCUT2D eigenvalue weighted by atomic mass is 16.7. The summed E-state index contributed by atoms with van der Waals surface area (Å²) in [4.78, 5) is 14.7. The SMILES string of the molecule is CC1(C)OC(=O)NC1C1CCC2C(O1)C(O)C1(N)C3CCC4C(C)(C)C(OC5CN(C6COC6)CCO5)CCC45CC35CCC21C. The molecule has 9 aliphatic rings. The van der Waals surface area contributed by atoms with Gasteiger partial charge in [-0.3, -0.25) is 4.90 Å². The zero-order chi connectivity index (χ0) is 32.1. The van der Waals surface area contributed by atoms with Crippen LogP contribution in [0.3, 0.4) is 0 Å². The zero-order valence-corrected chi connectivity index (χ0v) is 28.6. The summed E-state index contributed by atoms with van der Waals surface area (Å²) in [5, 5.41) is 15.4. The molecule has 0 aromatic carbocycles. The molecule has 10 heteroatoms. The van der Waals surface area contributed by atoms with Gasteiger partial charge in [0.05, 0.1) is 68.4 Å². The number of aliphatic hydroxyl groups excluding tert-OH is 1. The van der Waals surface area contributed by atoms with Gasteiger partial charge in [0.1, 0.15) is 5.60 Å². The van der Waals surface area contributed by atoms with E-state index < -0.39 is 17.2 Å². The fourth-order valence-electron chi connectivity index (χ4n) is 13.7. The molecular formula is C36H57N3O7. The molecule has 258 valence electrons. The van der Waals surface area contributed by atoms with E-state index in [-0.39, 0.29) is 70.2 Å². The summed E-state index contributed by atoms with van der Waals surface area (Å²) in [5.41, 5.74) is 6.76. The molecule has 0 radical (unpaired) electrons. The highest BCUT2D eigenvalue weighted by molar-refractivity contribution is 5.71. The molecular weight excluding hydrogens is 586 g/mol. The number of hydrogen-bond acceptors (Lipinski definition) is 9. The molecule has 5 aliphatic carbocycles. The van der Waals surface area contributed by atoms with E-state index >= 15 is 0 Å². The molecule has 4 aliphatic heterocycles. The third-order valence-electron chi connectivity index (χ3n) is 16.2. The number of ether oxygens (including phenoxy) is 5. The van der Waals surface area contributed by atoms with E-state index in [1.165, 1.54) is 19.3 Å². The van der Waals surface area contributed by atoms with Gasteiger partial charge in [-0.15, -0.1) is 0 Å². The number of hydrogen-bond donors (Lipinski definition) is 3. The topological polar surface area (TPSA) is 125 Å². The predicted molar refractivity (Wildman–Crippen MR) is 169 cm³/mol. The summed E-state index contributed by atoms with van der Waals surface area (Å²) < 4.78 is 30.9. The van der Waals surface area contributed by atoms with Crippen LogP contribution in [0.5, 0.6) is 0 Å². The molecule has 9 fully saturated rings. The molecule has 4 N–H and O–H groups in total. The van der Waals surface area contributed by atoms with E-state index in [0.717, 1.165) is 71.4 Å². The number of alkyl carbamates (subject to hydrolysis) is 1. The Hall–Kier alpha value is -1.01. The van der Waals surface area contributed by atoms with Crippen molar-refractivity contribution < 1.29 is 33.6 Å². The van der Waals surface area contributed by atoms with Gasteiger partial charge in [0.25, 0.3) is 0 Å². The Morgan fingerprint density at radius 3 is 2.46 bits per heavy atom. The van der Waals surface area contributed by atoms with Crippen LogP contribution in [0.15, 0.2) is 0 Å². The minimum absolute atomic E-state index is 0.0413. The summed E-state index contributed by atoms with van der Waals surface area (Å²) in [6, 6.07) is 0.273. The summed E-state index contributed by atoms with van der Waals surface area (Å²) in [6.07, 6.45) is 8.11. The first kappa shape index (κ1) is 31.0. The van der Waals surface area contributed by atoms with Gasteiger partial charge < -0.3 is 39.8 Å². The average Bonchev–Trinajstić information content (AvgIpc) is 3.51. The summed E-state index contributed by atoms with van der Waals surface area (Å²) in [7, 11) is 0. The lowest BCUT2D eigenvalue weighted by atomic mass is 9.44. The van der Waals surface area contributed by atoms with Crippen molar-refractivity contribution >= 4 is 6.09 Å². The van der Waals surface area contributed by atoms with Crippen LogP contribution in [-0.2, 0) is 23.7 Å². The van der Waals surface area contributed by atoms with Crippen LogP contribution in [0.2, 0.25) is 0 Å². The summed E-state index contributed by atoms with van der Waals surface area (Å²) >= 11 is 0. The van der Waals surface area contributed by atoms with Crippen molar-refractivity contribution in [3.05, 3.63) is 0 Å². The minimum atomic E-state index is -0.719. The van der Waals surface area contributed by atoms with Crippen LogP contribution < -0.4 is 11.1 Å². The standard InChI is InChI=1S/C36H57N3O7/c1-31(2)23-8-9-24-35(19-34(23,35)11-10-25(31)45-26-16-39(14-15-43-26)20-17-42-18-20)13-12-33(5)21-6-7-22(28-32(3,4)46-30(41)38-28)44-27(21)29(40)36(24,33)37/h20-29,40H,6-19,37H2,1-5H3,(H,38,41). The van der Waals surface area contributed by atoms with Gasteiger partial charge in [0.2, 0.25) is 0 Å². The highest BCUT2D eigenvalue weighted by Gasteiger charge is 2.85. The maximum atomic E-state index is 12.3. The second-order valence-corrected chi connectivity index (χ2v) is 18.4. The van der Waals surface area contributed by atoms with Crippen molar-refractivity contribution in [1.29, 1.82) is 0 Å². The van der Waals surface area contributed by atoms with Gasteiger partial charge >= 0.3 is 6.09 Å². The number of fused-ring (bicyclic) bond motifs is 4. The quantitative estimate of drug-likeness (QED) is 0.422. The normalized spacial score (nSPS) is 55.5. The smallest absolute Gasteiger partial charge is 0.408 e. The number of nitrogens with two attached hydrogens (primary N) is 1. The first-order chi connectivity index (χ1) is 21.8. The lowest BCUT2D eigenvalue weighted by Crippen LogP contribution is -2.70. The molecule has 0 aromatic heterocycles. The third-order valence-corrected chi connectivity index (χ3v) is 16.2. The Bertz CT molecular complexity index is 1280. The fourth-order valence-corrected chi connectivity index (χ4v) is 13.7. The summed E-state index contributed by atoms with van der Waals surface area (Å²) in [5.74, 6) is 1.09. The number of aliphatic hydroxyl groups is 1. The average molecular weight is 644 g/mol. The van der Waals surface area contributed by atoms with Crippen LogP contribution in [0.25, 0.3) is 0 Å². The number of carbonyl (C=O) groups is 1. The van der Waals surface area contributed by atoms with E-state index in [4.69, 9.17) is 29.4 Å². The molecule has 46 heavy (non-hydrogen) atoms. The minimum Gasteiger partial charge on any atom is -0.441 e. The molecule has 13 atom stereocenters. The van der Waals surface area contributed by atoms with Gasteiger partial charge in [-0.1, -0.05) is 20.8 Å². The van der Waals surface area contributed by atoms with Crippen LogP contribution >= 0.6 is 0 Å². The molecule has 4 saturated heterocycles. The van der Waals surface area contributed by atoms with Crippen molar-refractivity contribution in [3.63, 3.8) is 0 Å². The maximum absolute atomic E-state index is 12.3. The Kier molecular flexibility index (Phi) is 6.62. The first-order valence-corrected chi connectivity index (χ1v) is 18.5. The highest BCUT2D eigenvalue weighted by Crippen LogP contribution is 2.87. The Morgan fingerprint density at radius 1 is 0.978 bits per heavy atom. The molecule has 0 aromatic rings. The van der Waals surface area contributed by atoms with E-state index in [9.17, 15) is 9.90 Å². The monoisotopic (exact) mass is 643 g/mol.